The topological polar surface area (TPSA) is 111 Å². The lowest BCUT2D eigenvalue weighted by Crippen LogP contribution is -2.46. The number of hydrogen-bond donors (Lipinski definition) is 2. The first-order valence-corrected chi connectivity index (χ1v) is 9.17. The van der Waals surface area contributed by atoms with Crippen LogP contribution < -0.4 is 10.6 Å². The zero-order chi connectivity index (χ0) is 19.8. The fourth-order valence-electron chi connectivity index (χ4n) is 2.98. The van der Waals surface area contributed by atoms with Crippen molar-refractivity contribution in [2.24, 2.45) is 0 Å². The number of carbonyl (C=O) groups excluding carboxylic acids is 1. The van der Waals surface area contributed by atoms with Gasteiger partial charge in [-0.05, 0) is 36.2 Å². The summed E-state index contributed by atoms with van der Waals surface area (Å²) in [6, 6.07) is 14.8. The summed E-state index contributed by atoms with van der Waals surface area (Å²) in [5, 5.41) is 24.2. The molecule has 3 rings (SSSR count). The molecule has 0 saturated carbocycles. The van der Waals surface area contributed by atoms with Gasteiger partial charge in [0, 0.05) is 31.3 Å². The van der Waals surface area contributed by atoms with Crippen LogP contribution in [0.5, 0.6) is 0 Å². The van der Waals surface area contributed by atoms with Gasteiger partial charge in [0.05, 0.1) is 6.07 Å². The van der Waals surface area contributed by atoms with E-state index in [4.69, 9.17) is 10.00 Å². The number of hydrogen-bond acceptors (Lipinski definition) is 6. The maximum absolute atomic E-state index is 12.3. The third-order valence-corrected chi connectivity index (χ3v) is 4.52. The Morgan fingerprint density at radius 2 is 2.04 bits per heavy atom. The Kier molecular flexibility index (Phi) is 6.69. The molecule has 2 atom stereocenters. The molecule has 1 fully saturated rings. The van der Waals surface area contributed by atoms with Crippen molar-refractivity contribution in [3.8, 4) is 23.3 Å². The van der Waals surface area contributed by atoms with E-state index in [-0.39, 0.29) is 5.91 Å². The van der Waals surface area contributed by atoms with Crippen LogP contribution in [0.25, 0.3) is 11.1 Å². The van der Waals surface area contributed by atoms with Gasteiger partial charge in [0.25, 0.3) is 5.91 Å². The zero-order valence-electron chi connectivity index (χ0n) is 15.4. The molecule has 2 unspecified atom stereocenters. The number of carbonyl (C=O) groups is 1. The van der Waals surface area contributed by atoms with Gasteiger partial charge >= 0.3 is 0 Å². The highest BCUT2D eigenvalue weighted by Gasteiger charge is 2.23. The zero-order valence-corrected chi connectivity index (χ0v) is 15.4. The van der Waals surface area contributed by atoms with E-state index < -0.39 is 12.1 Å². The Bertz CT molecular complexity index is 873. The first-order chi connectivity index (χ1) is 13.7. The summed E-state index contributed by atoms with van der Waals surface area (Å²) in [6.45, 7) is 1.82. The number of amides is 1. The lowest BCUT2D eigenvalue weighted by molar-refractivity contribution is -0.132. The number of ether oxygens (including phenoxy) is 1. The lowest BCUT2D eigenvalue weighted by atomic mass is 10.0. The molecule has 1 aromatic carbocycles. The molecule has 2 aromatic rings. The third kappa shape index (κ3) is 5.14. The smallest absolute Gasteiger partial charge is 0.251 e. The average molecular weight is 375 g/mol. The van der Waals surface area contributed by atoms with Crippen LogP contribution in [0.2, 0.25) is 0 Å². The standard InChI is InChI=1S/C21H21N5O2/c22-11-18-7-6-17(13-25-18)16-4-2-15(3-5-16)10-19(12-23)26-21(27)20-14-24-8-1-9-28-20/h2-7,13,19-20,24H,1,8-10,14H2,(H,26,27). The largest absolute Gasteiger partial charge is 0.367 e. The second kappa shape index (κ2) is 9.61. The molecular formula is C21H21N5O2. The second-order valence-electron chi connectivity index (χ2n) is 6.55. The molecule has 1 aromatic heterocycles. The van der Waals surface area contributed by atoms with E-state index in [2.05, 4.69) is 21.7 Å². The van der Waals surface area contributed by atoms with Crippen LogP contribution in [0.1, 0.15) is 17.7 Å². The number of nitriles is 2. The predicted molar refractivity (Wildman–Crippen MR) is 103 cm³/mol. The van der Waals surface area contributed by atoms with E-state index in [9.17, 15) is 10.1 Å². The van der Waals surface area contributed by atoms with Gasteiger partial charge in [-0.3, -0.25) is 4.79 Å². The van der Waals surface area contributed by atoms with Gasteiger partial charge < -0.3 is 15.4 Å². The van der Waals surface area contributed by atoms with Crippen LogP contribution >= 0.6 is 0 Å². The summed E-state index contributed by atoms with van der Waals surface area (Å²) in [5.41, 5.74) is 3.20. The van der Waals surface area contributed by atoms with Gasteiger partial charge in [0.1, 0.15) is 23.9 Å². The number of pyridine rings is 1. The van der Waals surface area contributed by atoms with Crippen LogP contribution in [0.3, 0.4) is 0 Å². The van der Waals surface area contributed by atoms with E-state index in [1.54, 1.807) is 12.3 Å². The third-order valence-electron chi connectivity index (χ3n) is 4.52. The summed E-state index contributed by atoms with van der Waals surface area (Å²) >= 11 is 0. The molecule has 1 aliphatic rings. The number of nitrogens with one attached hydrogen (secondary N) is 2. The van der Waals surface area contributed by atoms with Crippen LogP contribution in [0, 0.1) is 22.7 Å². The Morgan fingerprint density at radius 3 is 2.71 bits per heavy atom. The van der Waals surface area contributed by atoms with Gasteiger partial charge in [0.2, 0.25) is 0 Å². The Hall–Kier alpha value is -3.26. The van der Waals surface area contributed by atoms with Crippen molar-refractivity contribution in [1.82, 2.24) is 15.6 Å². The molecular weight excluding hydrogens is 354 g/mol. The second-order valence-corrected chi connectivity index (χ2v) is 6.55. The molecule has 2 N–H and O–H groups in total. The SMILES string of the molecule is N#Cc1ccc(-c2ccc(CC(C#N)NC(=O)C3CNCCCO3)cc2)cn1. The molecule has 142 valence electrons. The van der Waals surface area contributed by atoms with Crippen molar-refractivity contribution in [2.75, 3.05) is 19.7 Å². The molecule has 0 bridgehead atoms. The van der Waals surface area contributed by atoms with Crippen LogP contribution in [-0.4, -0.2) is 42.7 Å². The molecule has 0 radical (unpaired) electrons. The van der Waals surface area contributed by atoms with Crippen molar-refractivity contribution in [2.45, 2.75) is 25.0 Å². The fraction of sp³-hybridized carbons (Fsp3) is 0.333. The normalized spacial score (nSPS) is 17.6. The summed E-state index contributed by atoms with van der Waals surface area (Å²) in [7, 11) is 0. The molecule has 1 saturated heterocycles. The summed E-state index contributed by atoms with van der Waals surface area (Å²) in [4.78, 5) is 16.4. The first kappa shape index (κ1) is 19.5. The maximum Gasteiger partial charge on any atom is 0.251 e. The molecule has 7 nitrogen and oxygen atoms in total. The summed E-state index contributed by atoms with van der Waals surface area (Å²) in [6.07, 6.45) is 2.37. The van der Waals surface area contributed by atoms with Crippen LogP contribution in [-0.2, 0) is 16.0 Å². The maximum atomic E-state index is 12.3. The average Bonchev–Trinajstić information content (AvgIpc) is 3.03. The van der Waals surface area contributed by atoms with E-state index in [0.29, 0.717) is 25.3 Å². The van der Waals surface area contributed by atoms with Crippen LogP contribution in [0.4, 0.5) is 0 Å². The number of aromatic nitrogens is 1. The van der Waals surface area contributed by atoms with Gasteiger partial charge in [-0.25, -0.2) is 4.98 Å². The Labute approximate surface area is 164 Å². The summed E-state index contributed by atoms with van der Waals surface area (Å²) in [5.74, 6) is -0.263. The van der Waals surface area contributed by atoms with Crippen LogP contribution in [0.15, 0.2) is 42.6 Å². The van der Waals surface area contributed by atoms with Crippen molar-refractivity contribution in [3.05, 3.63) is 53.9 Å². The Morgan fingerprint density at radius 1 is 1.25 bits per heavy atom. The minimum atomic E-state index is -0.623. The molecule has 28 heavy (non-hydrogen) atoms. The van der Waals surface area contributed by atoms with Gasteiger partial charge in [-0.15, -0.1) is 0 Å². The van der Waals surface area contributed by atoms with Crippen molar-refractivity contribution in [3.63, 3.8) is 0 Å². The predicted octanol–water partition coefficient (Wildman–Crippen LogP) is 1.55. The number of nitrogens with zero attached hydrogens (tertiary/aromatic N) is 3. The minimum absolute atomic E-state index is 0.263. The van der Waals surface area contributed by atoms with Gasteiger partial charge in [-0.1, -0.05) is 24.3 Å². The molecule has 0 aliphatic carbocycles. The van der Waals surface area contributed by atoms with E-state index in [1.807, 2.05) is 36.4 Å². The highest BCUT2D eigenvalue weighted by molar-refractivity contribution is 5.81. The van der Waals surface area contributed by atoms with Crippen molar-refractivity contribution in [1.29, 1.82) is 10.5 Å². The molecule has 7 heteroatoms. The monoisotopic (exact) mass is 375 g/mol. The molecule has 0 spiro atoms. The highest BCUT2D eigenvalue weighted by atomic mass is 16.5. The summed E-state index contributed by atoms with van der Waals surface area (Å²) < 4.78 is 5.53. The highest BCUT2D eigenvalue weighted by Crippen LogP contribution is 2.19. The van der Waals surface area contributed by atoms with Gasteiger partial charge in [0.15, 0.2) is 0 Å². The van der Waals surface area contributed by atoms with Crippen molar-refractivity contribution < 1.29 is 9.53 Å². The Balaban J connectivity index is 1.60. The quantitative estimate of drug-likeness (QED) is 0.820. The van der Waals surface area contributed by atoms with E-state index >= 15 is 0 Å². The number of rotatable bonds is 5. The van der Waals surface area contributed by atoms with Gasteiger partial charge in [-0.2, -0.15) is 10.5 Å². The van der Waals surface area contributed by atoms with E-state index in [0.717, 1.165) is 29.7 Å². The van der Waals surface area contributed by atoms with Crippen molar-refractivity contribution >= 4 is 5.91 Å². The minimum Gasteiger partial charge on any atom is -0.367 e. The molecule has 1 aliphatic heterocycles. The first-order valence-electron chi connectivity index (χ1n) is 9.17. The molecule has 1 amide bonds. The molecule has 2 heterocycles. The fourth-order valence-corrected chi connectivity index (χ4v) is 2.98. The number of benzene rings is 1. The van der Waals surface area contributed by atoms with E-state index in [1.165, 1.54) is 0 Å². The lowest BCUT2D eigenvalue weighted by Gasteiger charge is -2.18.